The second kappa shape index (κ2) is 5.30. The predicted molar refractivity (Wildman–Crippen MR) is 64.9 cm³/mol. The van der Waals surface area contributed by atoms with Crippen molar-refractivity contribution in [1.82, 2.24) is 14.5 Å². The zero-order valence-electron chi connectivity index (χ0n) is 10.3. The molecule has 1 aliphatic rings. The van der Waals surface area contributed by atoms with Crippen molar-refractivity contribution in [1.29, 1.82) is 0 Å². The summed E-state index contributed by atoms with van der Waals surface area (Å²) in [6.45, 7) is 2.92. The number of carbonyl (C=O) groups excluding carboxylic acids is 1. The van der Waals surface area contributed by atoms with E-state index >= 15 is 0 Å². The van der Waals surface area contributed by atoms with Gasteiger partial charge in [0, 0.05) is 25.5 Å². The van der Waals surface area contributed by atoms with Crippen LogP contribution in [0, 0.1) is 5.92 Å². The zero-order valence-corrected chi connectivity index (χ0v) is 10.3. The third kappa shape index (κ3) is 2.76. The molecular weight excluding hydrogens is 234 g/mol. The first kappa shape index (κ1) is 12.8. The van der Waals surface area contributed by atoms with Crippen LogP contribution in [-0.4, -0.2) is 44.7 Å². The van der Waals surface area contributed by atoms with E-state index in [-0.39, 0.29) is 18.4 Å². The number of amides is 1. The Balaban J connectivity index is 2.01. The quantitative estimate of drug-likeness (QED) is 0.767. The van der Waals surface area contributed by atoms with Gasteiger partial charge in [0.15, 0.2) is 0 Å². The number of piperidine rings is 1. The molecule has 2 rings (SSSR count). The maximum absolute atomic E-state index is 12.0. The summed E-state index contributed by atoms with van der Waals surface area (Å²) < 4.78 is 1.27. The van der Waals surface area contributed by atoms with Gasteiger partial charge in [0.1, 0.15) is 6.54 Å². The van der Waals surface area contributed by atoms with E-state index in [2.05, 4.69) is 4.98 Å². The number of likely N-dealkylation sites (tertiary alicyclic amines) is 1. The van der Waals surface area contributed by atoms with Gasteiger partial charge in [-0.25, -0.2) is 9.78 Å². The molecule has 1 aliphatic heterocycles. The number of nitrogens with zero attached hydrogens (tertiary/aromatic N) is 3. The summed E-state index contributed by atoms with van der Waals surface area (Å²) >= 11 is 0. The second-order valence-electron chi connectivity index (χ2n) is 4.70. The number of hydrogen-bond donors (Lipinski definition) is 1. The Hall–Kier alpha value is -1.69. The lowest BCUT2D eigenvalue weighted by atomic mass is 9.96. The summed E-state index contributed by atoms with van der Waals surface area (Å²) in [6, 6.07) is 1.61. The standard InChI is InChI=1S/C12H17N3O3/c1-9-3-6-14(7-10(9)16)11(17)8-15-5-2-4-13-12(15)18/h2,4-5,9-10,16H,3,6-8H2,1H3. The highest BCUT2D eigenvalue weighted by Crippen LogP contribution is 2.16. The monoisotopic (exact) mass is 251 g/mol. The van der Waals surface area contributed by atoms with Crippen LogP contribution in [0.5, 0.6) is 0 Å². The van der Waals surface area contributed by atoms with E-state index < -0.39 is 11.8 Å². The highest BCUT2D eigenvalue weighted by molar-refractivity contribution is 5.76. The van der Waals surface area contributed by atoms with Gasteiger partial charge < -0.3 is 10.0 Å². The lowest BCUT2D eigenvalue weighted by Crippen LogP contribution is -2.47. The lowest BCUT2D eigenvalue weighted by Gasteiger charge is -2.34. The molecular formula is C12H17N3O3. The summed E-state index contributed by atoms with van der Waals surface area (Å²) in [4.78, 5) is 28.6. The number of rotatable bonds is 2. The van der Waals surface area contributed by atoms with Crippen LogP contribution >= 0.6 is 0 Å². The van der Waals surface area contributed by atoms with Gasteiger partial charge in [0.05, 0.1) is 6.10 Å². The van der Waals surface area contributed by atoms with Crippen molar-refractivity contribution < 1.29 is 9.90 Å². The molecule has 1 aromatic heterocycles. The van der Waals surface area contributed by atoms with E-state index in [0.717, 1.165) is 6.42 Å². The molecule has 1 saturated heterocycles. The first-order valence-electron chi connectivity index (χ1n) is 6.05. The van der Waals surface area contributed by atoms with Crippen molar-refractivity contribution in [3.05, 3.63) is 28.9 Å². The molecule has 0 saturated carbocycles. The van der Waals surface area contributed by atoms with Crippen molar-refractivity contribution in [3.63, 3.8) is 0 Å². The zero-order chi connectivity index (χ0) is 13.1. The molecule has 1 aromatic rings. The fraction of sp³-hybridized carbons (Fsp3) is 0.583. The van der Waals surface area contributed by atoms with Gasteiger partial charge in [0.2, 0.25) is 5.91 Å². The van der Waals surface area contributed by atoms with Crippen LogP contribution in [0.25, 0.3) is 0 Å². The van der Waals surface area contributed by atoms with Gasteiger partial charge in [-0.1, -0.05) is 6.92 Å². The Morgan fingerprint density at radius 2 is 2.39 bits per heavy atom. The number of aliphatic hydroxyl groups is 1. The fourth-order valence-electron chi connectivity index (χ4n) is 2.03. The second-order valence-corrected chi connectivity index (χ2v) is 4.70. The minimum absolute atomic E-state index is 0.0201. The Morgan fingerprint density at radius 3 is 3.06 bits per heavy atom. The minimum Gasteiger partial charge on any atom is -0.391 e. The number of aliphatic hydroxyl groups excluding tert-OH is 1. The number of β-amino-alcohol motifs (C(OH)–C–C–N with tert-alkyl or cyclic N) is 1. The molecule has 0 spiro atoms. The molecule has 0 radical (unpaired) electrons. The fourth-order valence-corrected chi connectivity index (χ4v) is 2.03. The van der Waals surface area contributed by atoms with Crippen molar-refractivity contribution >= 4 is 5.91 Å². The van der Waals surface area contributed by atoms with E-state index in [1.165, 1.54) is 17.0 Å². The molecule has 6 heteroatoms. The van der Waals surface area contributed by atoms with E-state index in [0.29, 0.717) is 13.1 Å². The van der Waals surface area contributed by atoms with Gasteiger partial charge in [-0.15, -0.1) is 0 Å². The molecule has 98 valence electrons. The third-order valence-corrected chi connectivity index (χ3v) is 3.36. The summed E-state index contributed by atoms with van der Waals surface area (Å²) in [5.74, 6) is 0.0613. The smallest absolute Gasteiger partial charge is 0.347 e. The van der Waals surface area contributed by atoms with E-state index in [1.807, 2.05) is 6.92 Å². The van der Waals surface area contributed by atoms with E-state index in [4.69, 9.17) is 0 Å². The molecule has 1 fully saturated rings. The number of hydrogen-bond acceptors (Lipinski definition) is 4. The average Bonchev–Trinajstić information content (AvgIpc) is 2.35. The van der Waals surface area contributed by atoms with Gasteiger partial charge in [-0.05, 0) is 18.4 Å². The molecule has 0 aliphatic carbocycles. The number of carbonyl (C=O) groups is 1. The largest absolute Gasteiger partial charge is 0.391 e. The van der Waals surface area contributed by atoms with Crippen LogP contribution in [0.4, 0.5) is 0 Å². The van der Waals surface area contributed by atoms with Crippen molar-refractivity contribution in [2.45, 2.75) is 26.0 Å². The lowest BCUT2D eigenvalue weighted by molar-refractivity contribution is -0.136. The molecule has 18 heavy (non-hydrogen) atoms. The highest BCUT2D eigenvalue weighted by atomic mass is 16.3. The normalized spacial score (nSPS) is 24.0. The third-order valence-electron chi connectivity index (χ3n) is 3.36. The van der Waals surface area contributed by atoms with Gasteiger partial charge >= 0.3 is 5.69 Å². The summed E-state index contributed by atoms with van der Waals surface area (Å²) in [6.07, 6.45) is 3.24. The van der Waals surface area contributed by atoms with Crippen LogP contribution in [-0.2, 0) is 11.3 Å². The Kier molecular flexibility index (Phi) is 3.76. The summed E-state index contributed by atoms with van der Waals surface area (Å²) in [7, 11) is 0. The molecule has 2 unspecified atom stereocenters. The van der Waals surface area contributed by atoms with Crippen molar-refractivity contribution in [3.8, 4) is 0 Å². The van der Waals surface area contributed by atoms with Gasteiger partial charge in [0.25, 0.3) is 0 Å². The molecule has 2 atom stereocenters. The van der Waals surface area contributed by atoms with Crippen molar-refractivity contribution in [2.24, 2.45) is 5.92 Å². The molecule has 0 bridgehead atoms. The van der Waals surface area contributed by atoms with Crippen LogP contribution in [0.15, 0.2) is 23.3 Å². The van der Waals surface area contributed by atoms with Gasteiger partial charge in [-0.3, -0.25) is 9.36 Å². The maximum atomic E-state index is 12.0. The van der Waals surface area contributed by atoms with Crippen LogP contribution in [0.3, 0.4) is 0 Å². The van der Waals surface area contributed by atoms with Crippen LogP contribution in [0.2, 0.25) is 0 Å². The number of aromatic nitrogens is 2. The topological polar surface area (TPSA) is 75.4 Å². The first-order chi connectivity index (χ1) is 8.58. The highest BCUT2D eigenvalue weighted by Gasteiger charge is 2.27. The Labute approximate surface area is 105 Å². The Bertz CT molecular complexity index is 485. The van der Waals surface area contributed by atoms with Gasteiger partial charge in [-0.2, -0.15) is 0 Å². The summed E-state index contributed by atoms with van der Waals surface area (Å²) in [5, 5.41) is 9.74. The van der Waals surface area contributed by atoms with Crippen LogP contribution < -0.4 is 5.69 Å². The molecule has 6 nitrogen and oxygen atoms in total. The SMILES string of the molecule is CC1CCN(C(=O)Cn2cccnc2=O)CC1O. The molecule has 0 aromatic carbocycles. The summed E-state index contributed by atoms with van der Waals surface area (Å²) in [5.41, 5.74) is -0.434. The van der Waals surface area contributed by atoms with E-state index in [1.54, 1.807) is 11.0 Å². The molecule has 1 amide bonds. The maximum Gasteiger partial charge on any atom is 0.347 e. The molecule has 1 N–H and O–H groups in total. The Morgan fingerprint density at radius 1 is 1.61 bits per heavy atom. The van der Waals surface area contributed by atoms with Crippen LogP contribution in [0.1, 0.15) is 13.3 Å². The van der Waals surface area contributed by atoms with E-state index in [9.17, 15) is 14.7 Å². The van der Waals surface area contributed by atoms with Crippen molar-refractivity contribution in [2.75, 3.05) is 13.1 Å². The molecule has 2 heterocycles. The average molecular weight is 251 g/mol. The predicted octanol–water partition coefficient (Wildman–Crippen LogP) is -0.527. The first-order valence-corrected chi connectivity index (χ1v) is 6.05. The minimum atomic E-state index is -0.478.